The van der Waals surface area contributed by atoms with E-state index in [1.54, 1.807) is 0 Å². The summed E-state index contributed by atoms with van der Waals surface area (Å²) in [4.78, 5) is 5.08. The van der Waals surface area contributed by atoms with E-state index in [0.717, 1.165) is 19.5 Å². The standard InChI is InChI=1S/C7H12N2O/c1-5-2-7(9-10-5)6-3-8-4-6/h5-6,8H,2-4H2,1H3. The first kappa shape index (κ1) is 6.16. The Bertz CT molecular complexity index is 163. The number of hydrogen-bond acceptors (Lipinski definition) is 3. The van der Waals surface area contributed by atoms with Crippen LogP contribution in [0.2, 0.25) is 0 Å². The first-order chi connectivity index (χ1) is 4.86. The minimum atomic E-state index is 0.315. The molecule has 56 valence electrons. The van der Waals surface area contributed by atoms with Crippen molar-refractivity contribution in [3.8, 4) is 0 Å². The van der Waals surface area contributed by atoms with Gasteiger partial charge in [0.15, 0.2) is 0 Å². The first-order valence-corrected chi connectivity index (χ1v) is 3.79. The minimum Gasteiger partial charge on any atom is -0.392 e. The van der Waals surface area contributed by atoms with E-state index in [9.17, 15) is 0 Å². The highest BCUT2D eigenvalue weighted by atomic mass is 16.6. The van der Waals surface area contributed by atoms with Crippen LogP contribution in [0.25, 0.3) is 0 Å². The summed E-state index contributed by atoms with van der Waals surface area (Å²) in [6, 6.07) is 0. The fourth-order valence-corrected chi connectivity index (χ4v) is 1.29. The van der Waals surface area contributed by atoms with Gasteiger partial charge in [-0.1, -0.05) is 5.16 Å². The maximum absolute atomic E-state index is 5.08. The number of oxime groups is 1. The minimum absolute atomic E-state index is 0.315. The summed E-state index contributed by atoms with van der Waals surface area (Å²) in [6.07, 6.45) is 1.35. The highest BCUT2D eigenvalue weighted by molar-refractivity contribution is 5.88. The Morgan fingerprint density at radius 2 is 2.40 bits per heavy atom. The van der Waals surface area contributed by atoms with Crippen molar-refractivity contribution in [3.05, 3.63) is 0 Å². The molecule has 0 aromatic rings. The zero-order valence-corrected chi connectivity index (χ0v) is 6.13. The summed E-state index contributed by atoms with van der Waals surface area (Å²) in [5.41, 5.74) is 1.26. The summed E-state index contributed by atoms with van der Waals surface area (Å²) < 4.78 is 0. The van der Waals surface area contributed by atoms with Crippen LogP contribution in [-0.4, -0.2) is 24.9 Å². The van der Waals surface area contributed by atoms with Crippen molar-refractivity contribution in [1.29, 1.82) is 0 Å². The fourth-order valence-electron chi connectivity index (χ4n) is 1.29. The molecule has 10 heavy (non-hydrogen) atoms. The van der Waals surface area contributed by atoms with Crippen LogP contribution in [-0.2, 0) is 4.84 Å². The summed E-state index contributed by atoms with van der Waals surface area (Å²) in [7, 11) is 0. The molecule has 0 aliphatic carbocycles. The Balaban J connectivity index is 1.93. The Hall–Kier alpha value is -0.570. The van der Waals surface area contributed by atoms with Gasteiger partial charge in [-0.15, -0.1) is 0 Å². The van der Waals surface area contributed by atoms with Gasteiger partial charge in [-0.05, 0) is 6.92 Å². The van der Waals surface area contributed by atoms with Gasteiger partial charge < -0.3 is 10.2 Å². The SMILES string of the molecule is CC1CC(C2CNC2)=NO1. The number of hydrogen-bond donors (Lipinski definition) is 1. The average molecular weight is 140 g/mol. The van der Waals surface area contributed by atoms with E-state index >= 15 is 0 Å². The van der Waals surface area contributed by atoms with Crippen molar-refractivity contribution in [2.45, 2.75) is 19.4 Å². The molecular weight excluding hydrogens is 128 g/mol. The quantitative estimate of drug-likeness (QED) is 0.571. The Labute approximate surface area is 60.4 Å². The molecule has 1 saturated heterocycles. The van der Waals surface area contributed by atoms with Crippen LogP contribution in [0, 0.1) is 5.92 Å². The summed E-state index contributed by atoms with van der Waals surface area (Å²) in [6.45, 7) is 4.24. The zero-order chi connectivity index (χ0) is 6.97. The second kappa shape index (κ2) is 2.23. The molecule has 1 atom stereocenters. The normalized spacial score (nSPS) is 32.9. The predicted octanol–water partition coefficient (Wildman–Crippen LogP) is 0.371. The summed E-state index contributed by atoms with van der Waals surface area (Å²) in [5.74, 6) is 0.671. The van der Waals surface area contributed by atoms with Gasteiger partial charge in [-0.2, -0.15) is 0 Å². The van der Waals surface area contributed by atoms with Gasteiger partial charge in [-0.25, -0.2) is 0 Å². The van der Waals surface area contributed by atoms with Crippen molar-refractivity contribution in [2.75, 3.05) is 13.1 Å². The summed E-state index contributed by atoms with van der Waals surface area (Å²) >= 11 is 0. The lowest BCUT2D eigenvalue weighted by molar-refractivity contribution is 0.0994. The maximum Gasteiger partial charge on any atom is 0.130 e. The van der Waals surface area contributed by atoms with E-state index in [2.05, 4.69) is 17.4 Å². The molecule has 0 aromatic heterocycles. The molecule has 0 saturated carbocycles. The van der Waals surface area contributed by atoms with Crippen LogP contribution in [0.5, 0.6) is 0 Å². The number of nitrogens with zero attached hydrogens (tertiary/aromatic N) is 1. The third kappa shape index (κ3) is 0.904. The lowest BCUT2D eigenvalue weighted by Crippen LogP contribution is -2.46. The van der Waals surface area contributed by atoms with E-state index in [0.29, 0.717) is 12.0 Å². The molecule has 1 N–H and O–H groups in total. The summed E-state index contributed by atoms with van der Waals surface area (Å²) in [5, 5.41) is 7.23. The van der Waals surface area contributed by atoms with Crippen LogP contribution in [0.4, 0.5) is 0 Å². The van der Waals surface area contributed by atoms with E-state index in [4.69, 9.17) is 4.84 Å². The highest BCUT2D eigenvalue weighted by Crippen LogP contribution is 2.17. The van der Waals surface area contributed by atoms with Crippen LogP contribution < -0.4 is 5.32 Å². The molecular formula is C7H12N2O. The van der Waals surface area contributed by atoms with Crippen LogP contribution >= 0.6 is 0 Å². The molecule has 2 rings (SSSR count). The number of rotatable bonds is 1. The molecule has 2 heterocycles. The Morgan fingerprint density at radius 3 is 2.80 bits per heavy atom. The molecule has 1 unspecified atom stereocenters. The lowest BCUT2D eigenvalue weighted by atomic mass is 9.94. The lowest BCUT2D eigenvalue weighted by Gasteiger charge is -2.25. The largest absolute Gasteiger partial charge is 0.392 e. The second-order valence-electron chi connectivity index (χ2n) is 3.06. The monoisotopic (exact) mass is 140 g/mol. The third-order valence-electron chi connectivity index (χ3n) is 2.10. The van der Waals surface area contributed by atoms with Gasteiger partial charge in [0.1, 0.15) is 6.10 Å². The smallest absolute Gasteiger partial charge is 0.130 e. The van der Waals surface area contributed by atoms with Gasteiger partial charge in [0.25, 0.3) is 0 Å². The maximum atomic E-state index is 5.08. The molecule has 3 nitrogen and oxygen atoms in total. The topological polar surface area (TPSA) is 33.6 Å². The first-order valence-electron chi connectivity index (χ1n) is 3.79. The molecule has 1 fully saturated rings. The van der Waals surface area contributed by atoms with E-state index in [-0.39, 0.29) is 0 Å². The van der Waals surface area contributed by atoms with Crippen molar-refractivity contribution in [1.82, 2.24) is 5.32 Å². The van der Waals surface area contributed by atoms with Gasteiger partial charge >= 0.3 is 0 Å². The van der Waals surface area contributed by atoms with Crippen molar-refractivity contribution >= 4 is 5.71 Å². The van der Waals surface area contributed by atoms with Crippen LogP contribution in [0.3, 0.4) is 0 Å². The highest BCUT2D eigenvalue weighted by Gasteiger charge is 2.28. The Kier molecular flexibility index (Phi) is 1.38. The Morgan fingerprint density at radius 1 is 1.60 bits per heavy atom. The fraction of sp³-hybridized carbons (Fsp3) is 0.857. The molecule has 0 amide bonds. The third-order valence-corrected chi connectivity index (χ3v) is 2.10. The zero-order valence-electron chi connectivity index (χ0n) is 6.13. The van der Waals surface area contributed by atoms with Crippen molar-refractivity contribution in [2.24, 2.45) is 11.1 Å². The molecule has 0 bridgehead atoms. The van der Waals surface area contributed by atoms with Crippen molar-refractivity contribution < 1.29 is 4.84 Å². The van der Waals surface area contributed by atoms with E-state index in [1.807, 2.05) is 0 Å². The molecule has 2 aliphatic heterocycles. The molecule has 2 aliphatic rings. The van der Waals surface area contributed by atoms with E-state index in [1.165, 1.54) is 5.71 Å². The average Bonchev–Trinajstić information content (AvgIpc) is 2.10. The van der Waals surface area contributed by atoms with Gasteiger partial charge in [0.05, 0.1) is 5.71 Å². The second-order valence-corrected chi connectivity index (χ2v) is 3.06. The molecule has 0 radical (unpaired) electrons. The van der Waals surface area contributed by atoms with E-state index < -0.39 is 0 Å². The number of nitrogens with one attached hydrogen (secondary N) is 1. The van der Waals surface area contributed by atoms with Crippen molar-refractivity contribution in [3.63, 3.8) is 0 Å². The molecule has 0 aromatic carbocycles. The van der Waals surface area contributed by atoms with Crippen LogP contribution in [0.1, 0.15) is 13.3 Å². The molecule has 0 spiro atoms. The predicted molar refractivity (Wildman–Crippen MR) is 39.0 cm³/mol. The van der Waals surface area contributed by atoms with Gasteiger partial charge in [0, 0.05) is 25.4 Å². The van der Waals surface area contributed by atoms with Gasteiger partial charge in [0.2, 0.25) is 0 Å². The molecule has 3 heteroatoms. The van der Waals surface area contributed by atoms with Gasteiger partial charge in [-0.3, -0.25) is 0 Å². The van der Waals surface area contributed by atoms with Crippen LogP contribution in [0.15, 0.2) is 5.16 Å².